The van der Waals surface area contributed by atoms with Crippen LogP contribution in [0.4, 0.5) is 0 Å². The highest BCUT2D eigenvalue weighted by Gasteiger charge is 2.26. The molecular formula is C42H24N2OS. The zero-order valence-electron chi connectivity index (χ0n) is 24.6. The lowest BCUT2D eigenvalue weighted by Crippen LogP contribution is -1.94. The van der Waals surface area contributed by atoms with Crippen molar-refractivity contribution in [1.82, 2.24) is 9.13 Å². The van der Waals surface area contributed by atoms with E-state index in [0.29, 0.717) is 0 Å². The summed E-state index contributed by atoms with van der Waals surface area (Å²) in [5.74, 6) is 0. The minimum Gasteiger partial charge on any atom is -0.422 e. The van der Waals surface area contributed by atoms with Gasteiger partial charge < -0.3 is 4.42 Å². The Labute approximate surface area is 266 Å². The van der Waals surface area contributed by atoms with Gasteiger partial charge in [0.1, 0.15) is 0 Å². The largest absolute Gasteiger partial charge is 0.422 e. The van der Waals surface area contributed by atoms with Crippen LogP contribution in [0.2, 0.25) is 0 Å². The number of furan rings is 1. The highest BCUT2D eigenvalue weighted by Crippen LogP contribution is 2.47. The van der Waals surface area contributed by atoms with Crippen molar-refractivity contribution in [3.05, 3.63) is 146 Å². The standard InChI is InChI=1S/C42H24N2OS/c1-2-11-27(12-3-1)43-35-23-19-25-10-4-5-13-29(25)37(35)39-38-33-15-6-8-16-34(33)44(41(38)45-42(39)43)28-20-22-30-26(24-28)18-21-32-31-14-7-9-17-36(31)46-40(30)32/h1-24H. The third kappa shape index (κ3) is 3.11. The Kier molecular flexibility index (Phi) is 4.72. The van der Waals surface area contributed by atoms with Crippen LogP contribution in [0.25, 0.3) is 97.1 Å². The van der Waals surface area contributed by atoms with Gasteiger partial charge in [-0.05, 0) is 64.0 Å². The zero-order valence-corrected chi connectivity index (χ0v) is 25.4. The molecule has 0 aliphatic carbocycles. The van der Waals surface area contributed by atoms with Gasteiger partial charge in [-0.3, -0.25) is 9.13 Å². The van der Waals surface area contributed by atoms with Crippen molar-refractivity contribution in [3.8, 4) is 11.4 Å². The predicted octanol–water partition coefficient (Wildman–Crippen LogP) is 12.1. The SMILES string of the molecule is c1ccc(-n2c3ccc4ccccc4c3c3c4c5ccccc5n(-c5ccc6c(ccc7c8ccccc8sc67)c5)c4oc32)cc1. The zero-order chi connectivity index (χ0) is 29.9. The molecule has 0 saturated heterocycles. The van der Waals surface area contributed by atoms with E-state index in [1.54, 1.807) is 0 Å². The molecule has 0 unspecified atom stereocenters. The predicted molar refractivity (Wildman–Crippen MR) is 195 cm³/mol. The van der Waals surface area contributed by atoms with Gasteiger partial charge in [0.25, 0.3) is 0 Å². The molecule has 11 aromatic rings. The molecule has 4 heteroatoms. The summed E-state index contributed by atoms with van der Waals surface area (Å²) in [4.78, 5) is 0. The normalized spacial score (nSPS) is 12.3. The quantitative estimate of drug-likeness (QED) is 0.192. The topological polar surface area (TPSA) is 23.0 Å². The molecule has 0 bridgehead atoms. The van der Waals surface area contributed by atoms with E-state index >= 15 is 0 Å². The summed E-state index contributed by atoms with van der Waals surface area (Å²) in [5.41, 5.74) is 6.21. The van der Waals surface area contributed by atoms with Crippen molar-refractivity contribution >= 4 is 97.1 Å². The Hall–Kier alpha value is -5.84. The molecule has 0 aliphatic rings. The Bertz CT molecular complexity index is 3030. The van der Waals surface area contributed by atoms with Crippen LogP contribution in [0.1, 0.15) is 0 Å². The van der Waals surface area contributed by atoms with Crippen molar-refractivity contribution in [2.24, 2.45) is 0 Å². The lowest BCUT2D eigenvalue weighted by molar-refractivity contribution is 0.624. The molecule has 7 aromatic carbocycles. The van der Waals surface area contributed by atoms with Gasteiger partial charge in [0.2, 0.25) is 11.4 Å². The van der Waals surface area contributed by atoms with E-state index in [9.17, 15) is 0 Å². The van der Waals surface area contributed by atoms with Crippen LogP contribution in [-0.4, -0.2) is 9.13 Å². The number of thiophene rings is 1. The second-order valence-corrected chi connectivity index (χ2v) is 13.2. The van der Waals surface area contributed by atoms with Crippen LogP contribution in [-0.2, 0) is 0 Å². The number of rotatable bonds is 2. The lowest BCUT2D eigenvalue weighted by atomic mass is 10.0. The molecule has 0 aliphatic heterocycles. The fourth-order valence-electron chi connectivity index (χ4n) is 7.74. The fraction of sp³-hybridized carbons (Fsp3) is 0. The summed E-state index contributed by atoms with van der Waals surface area (Å²) in [7, 11) is 0. The van der Waals surface area contributed by atoms with Gasteiger partial charge >= 0.3 is 0 Å². The summed E-state index contributed by atoms with van der Waals surface area (Å²) in [5, 5.41) is 12.4. The number of aromatic nitrogens is 2. The molecule has 0 radical (unpaired) electrons. The van der Waals surface area contributed by atoms with Crippen LogP contribution in [0.15, 0.2) is 150 Å². The van der Waals surface area contributed by atoms with Crippen molar-refractivity contribution in [2.75, 3.05) is 0 Å². The Morgan fingerprint density at radius 2 is 1.11 bits per heavy atom. The maximum Gasteiger partial charge on any atom is 0.215 e. The van der Waals surface area contributed by atoms with Gasteiger partial charge in [0.05, 0.1) is 21.8 Å². The molecular weight excluding hydrogens is 581 g/mol. The Balaban J connectivity index is 1.27. The van der Waals surface area contributed by atoms with Gasteiger partial charge in [-0.2, -0.15) is 0 Å². The summed E-state index contributed by atoms with van der Waals surface area (Å²) >= 11 is 1.88. The molecule has 0 saturated carbocycles. The van der Waals surface area contributed by atoms with Gasteiger partial charge in [-0.25, -0.2) is 0 Å². The number of hydrogen-bond donors (Lipinski definition) is 0. The third-order valence-corrected chi connectivity index (χ3v) is 10.9. The fourth-order valence-corrected chi connectivity index (χ4v) is 8.98. The molecule has 0 fully saturated rings. The minimum absolute atomic E-state index is 0.869. The highest BCUT2D eigenvalue weighted by molar-refractivity contribution is 7.26. The van der Waals surface area contributed by atoms with Crippen molar-refractivity contribution in [2.45, 2.75) is 0 Å². The Morgan fingerprint density at radius 3 is 2.02 bits per heavy atom. The summed E-state index contributed by atoms with van der Waals surface area (Å²) in [6.45, 7) is 0. The van der Waals surface area contributed by atoms with Gasteiger partial charge in [0, 0.05) is 42.3 Å². The molecule has 0 N–H and O–H groups in total. The average molecular weight is 605 g/mol. The molecule has 0 spiro atoms. The molecule has 3 nitrogen and oxygen atoms in total. The number of benzene rings is 7. The number of para-hydroxylation sites is 2. The van der Waals surface area contributed by atoms with Crippen molar-refractivity contribution < 1.29 is 4.42 Å². The van der Waals surface area contributed by atoms with Gasteiger partial charge in [-0.1, -0.05) is 103 Å². The molecule has 214 valence electrons. The van der Waals surface area contributed by atoms with E-state index in [4.69, 9.17) is 4.42 Å². The summed E-state index contributed by atoms with van der Waals surface area (Å²) in [6.07, 6.45) is 0. The van der Waals surface area contributed by atoms with E-state index in [1.165, 1.54) is 52.5 Å². The first-order valence-corrected chi connectivity index (χ1v) is 16.4. The first-order chi connectivity index (χ1) is 22.8. The van der Waals surface area contributed by atoms with Gasteiger partial charge in [0.15, 0.2) is 0 Å². The number of fused-ring (bicyclic) bond motifs is 14. The average Bonchev–Trinajstić information content (AvgIpc) is 3.84. The molecule has 46 heavy (non-hydrogen) atoms. The highest BCUT2D eigenvalue weighted by atomic mass is 32.1. The lowest BCUT2D eigenvalue weighted by Gasteiger charge is -2.09. The van der Waals surface area contributed by atoms with Crippen LogP contribution >= 0.6 is 11.3 Å². The van der Waals surface area contributed by atoms with E-state index in [-0.39, 0.29) is 0 Å². The first kappa shape index (κ1) is 24.5. The maximum atomic E-state index is 7.09. The minimum atomic E-state index is 0.869. The van der Waals surface area contributed by atoms with Crippen molar-refractivity contribution in [1.29, 1.82) is 0 Å². The van der Waals surface area contributed by atoms with Crippen LogP contribution in [0.3, 0.4) is 0 Å². The van der Waals surface area contributed by atoms with E-state index in [0.717, 1.165) is 44.6 Å². The second kappa shape index (κ2) is 8.87. The van der Waals surface area contributed by atoms with Crippen molar-refractivity contribution in [3.63, 3.8) is 0 Å². The summed E-state index contributed by atoms with van der Waals surface area (Å²) in [6, 6.07) is 52.5. The molecule has 0 amide bonds. The van der Waals surface area contributed by atoms with E-state index in [2.05, 4.69) is 155 Å². The van der Waals surface area contributed by atoms with Crippen LogP contribution in [0.5, 0.6) is 0 Å². The number of nitrogens with zero attached hydrogens (tertiary/aromatic N) is 2. The number of hydrogen-bond acceptors (Lipinski definition) is 2. The Morgan fingerprint density at radius 1 is 0.413 bits per heavy atom. The van der Waals surface area contributed by atoms with Crippen LogP contribution in [0, 0.1) is 0 Å². The smallest absolute Gasteiger partial charge is 0.215 e. The van der Waals surface area contributed by atoms with Crippen LogP contribution < -0.4 is 0 Å². The molecule has 4 aromatic heterocycles. The third-order valence-electron chi connectivity index (χ3n) is 9.71. The molecule has 0 atom stereocenters. The molecule has 11 rings (SSSR count). The van der Waals surface area contributed by atoms with E-state index < -0.39 is 0 Å². The maximum absolute atomic E-state index is 7.09. The second-order valence-electron chi connectivity index (χ2n) is 12.1. The van der Waals surface area contributed by atoms with E-state index in [1.807, 2.05) is 11.3 Å². The molecule has 4 heterocycles. The monoisotopic (exact) mass is 604 g/mol. The van der Waals surface area contributed by atoms with Gasteiger partial charge in [-0.15, -0.1) is 11.3 Å². The first-order valence-electron chi connectivity index (χ1n) is 15.6. The summed E-state index contributed by atoms with van der Waals surface area (Å²) < 4.78 is 14.4.